The molecule has 84 heavy (non-hydrogen) atoms. The van der Waals surface area contributed by atoms with Crippen LogP contribution >= 0.6 is 0 Å². The third-order valence-electron chi connectivity index (χ3n) is 18.2. The van der Waals surface area contributed by atoms with E-state index in [4.69, 9.17) is 0 Å². The lowest BCUT2D eigenvalue weighted by Gasteiger charge is -2.45. The summed E-state index contributed by atoms with van der Waals surface area (Å²) in [6.45, 7) is 2.27. The summed E-state index contributed by atoms with van der Waals surface area (Å²) in [6.07, 6.45) is 5.95. The zero-order chi connectivity index (χ0) is 55.5. The largest absolute Gasteiger partial charge is 0.309 e. The molecule has 0 amide bonds. The number of para-hydroxylation sites is 4. The van der Waals surface area contributed by atoms with Crippen molar-refractivity contribution in [3.63, 3.8) is 0 Å². The molecule has 1 atom stereocenters. The Morgan fingerprint density at radius 2 is 0.738 bits per heavy atom. The van der Waals surface area contributed by atoms with Crippen molar-refractivity contribution in [3.05, 3.63) is 307 Å². The monoisotopic (exact) mass is 1070 g/mol. The molecular formula is C79H55BN4. The van der Waals surface area contributed by atoms with Crippen LogP contribution in [0.15, 0.2) is 291 Å². The van der Waals surface area contributed by atoms with Crippen LogP contribution in [0.5, 0.6) is 0 Å². The Labute approximate surface area is 489 Å². The normalized spacial score (nSPS) is 14.8. The zero-order valence-electron chi connectivity index (χ0n) is 46.4. The first-order valence-corrected chi connectivity index (χ1v) is 29.3. The number of anilines is 6. The number of aromatic nitrogens is 2. The highest BCUT2D eigenvalue weighted by atomic mass is 15.2. The Morgan fingerprint density at radius 3 is 1.21 bits per heavy atom. The van der Waals surface area contributed by atoms with Crippen molar-refractivity contribution < 1.29 is 0 Å². The highest BCUT2D eigenvalue weighted by Gasteiger charge is 2.45. The van der Waals surface area contributed by atoms with Gasteiger partial charge in [0, 0.05) is 54.9 Å². The highest BCUT2D eigenvalue weighted by Crippen LogP contribution is 2.49. The molecule has 0 radical (unpaired) electrons. The molecule has 1 aliphatic carbocycles. The van der Waals surface area contributed by atoms with Gasteiger partial charge in [0.05, 0.1) is 39.3 Å². The van der Waals surface area contributed by atoms with Crippen molar-refractivity contribution in [1.82, 2.24) is 9.13 Å². The van der Waals surface area contributed by atoms with Crippen molar-refractivity contribution in [3.8, 4) is 44.8 Å². The van der Waals surface area contributed by atoms with Crippen LogP contribution in [0.2, 0.25) is 0 Å². The van der Waals surface area contributed by atoms with Crippen LogP contribution in [-0.2, 0) is 5.41 Å². The fraction of sp³-hybridized carbons (Fsp3) is 0.0380. The summed E-state index contributed by atoms with van der Waals surface area (Å²) in [5, 5.41) is 6.18. The van der Waals surface area contributed by atoms with E-state index in [2.05, 4.69) is 329 Å². The fourth-order valence-corrected chi connectivity index (χ4v) is 14.4. The summed E-state index contributed by atoms with van der Waals surface area (Å²) >= 11 is 0. The SMILES string of the molecule is CC1(c2ccccc2)C=c2c(n(-c3cccc4c3N(c3ccccc3)c3cccc5c3B4c3cccc(-n4c6ccc(-c7ccccc7)cc6c6cc(-c7ccccc7)ccc64)c3N5c3ccccc3)c3ccc(-c4ccccc4)cc23)=CC1. The minimum Gasteiger partial charge on any atom is -0.309 e. The number of hydrogen-bond donors (Lipinski definition) is 0. The van der Waals surface area contributed by atoms with Crippen LogP contribution in [0.25, 0.3) is 89.6 Å². The Bertz CT molecular complexity index is 4960. The number of rotatable bonds is 8. The van der Waals surface area contributed by atoms with E-state index in [1.165, 1.54) is 110 Å². The third-order valence-corrected chi connectivity index (χ3v) is 18.2. The molecule has 0 bridgehead atoms. The van der Waals surface area contributed by atoms with Crippen molar-refractivity contribution in [2.75, 3.05) is 9.80 Å². The first kappa shape index (κ1) is 48.1. The van der Waals surface area contributed by atoms with Gasteiger partial charge in [-0.3, -0.25) is 0 Å². The van der Waals surface area contributed by atoms with E-state index in [0.717, 1.165) is 40.2 Å². The topological polar surface area (TPSA) is 16.3 Å². The highest BCUT2D eigenvalue weighted by molar-refractivity contribution is 7.00. The van der Waals surface area contributed by atoms with E-state index in [-0.39, 0.29) is 12.1 Å². The van der Waals surface area contributed by atoms with Crippen LogP contribution < -0.4 is 36.8 Å². The Kier molecular flexibility index (Phi) is 10.9. The maximum absolute atomic E-state index is 2.59. The molecule has 3 aliphatic rings. The molecule has 4 nitrogen and oxygen atoms in total. The van der Waals surface area contributed by atoms with E-state index >= 15 is 0 Å². The number of fused-ring (bicyclic) bond motifs is 10. The van der Waals surface area contributed by atoms with E-state index in [0.29, 0.717) is 0 Å². The summed E-state index contributed by atoms with van der Waals surface area (Å²) in [5.74, 6) is 0. The summed E-state index contributed by atoms with van der Waals surface area (Å²) in [6, 6.07) is 108. The molecule has 17 rings (SSSR count). The van der Waals surface area contributed by atoms with E-state index in [1.807, 2.05) is 0 Å². The quantitative estimate of drug-likeness (QED) is 0.141. The van der Waals surface area contributed by atoms with Crippen LogP contribution in [0.4, 0.5) is 34.1 Å². The molecule has 2 aliphatic heterocycles. The van der Waals surface area contributed by atoms with Gasteiger partial charge < -0.3 is 18.9 Å². The predicted molar refractivity (Wildman–Crippen MR) is 355 cm³/mol. The second-order valence-electron chi connectivity index (χ2n) is 23.0. The molecule has 2 aromatic heterocycles. The Balaban J connectivity index is 0.954. The second kappa shape index (κ2) is 19.0. The van der Waals surface area contributed by atoms with Gasteiger partial charge in [-0.05, 0) is 147 Å². The fourth-order valence-electron chi connectivity index (χ4n) is 14.4. The maximum atomic E-state index is 2.59. The number of hydrogen-bond acceptors (Lipinski definition) is 2. The molecule has 394 valence electrons. The molecule has 0 saturated heterocycles. The molecule has 1 unspecified atom stereocenters. The number of nitrogens with zero attached hydrogens (tertiary/aromatic N) is 4. The van der Waals surface area contributed by atoms with E-state index < -0.39 is 0 Å². The van der Waals surface area contributed by atoms with Gasteiger partial charge in [0.25, 0.3) is 6.71 Å². The lowest BCUT2D eigenvalue weighted by molar-refractivity contribution is 0.652. The van der Waals surface area contributed by atoms with E-state index in [9.17, 15) is 0 Å². The summed E-state index contributed by atoms with van der Waals surface area (Å²) in [5.41, 5.74) is 24.8. The van der Waals surface area contributed by atoms with Crippen LogP contribution in [0.3, 0.4) is 0 Å². The van der Waals surface area contributed by atoms with Gasteiger partial charge in [-0.2, -0.15) is 0 Å². The average molecular weight is 1070 g/mol. The molecule has 0 N–H and O–H groups in total. The minimum absolute atomic E-state index is 0.136. The predicted octanol–water partition coefficient (Wildman–Crippen LogP) is 16.7. The molecule has 0 fully saturated rings. The molecule has 0 spiro atoms. The van der Waals surface area contributed by atoms with Crippen molar-refractivity contribution in [2.45, 2.75) is 18.8 Å². The zero-order valence-corrected chi connectivity index (χ0v) is 46.4. The second-order valence-corrected chi connectivity index (χ2v) is 23.0. The van der Waals surface area contributed by atoms with Gasteiger partial charge in [0.2, 0.25) is 0 Å². The lowest BCUT2D eigenvalue weighted by atomic mass is 9.33. The summed E-state index contributed by atoms with van der Waals surface area (Å²) in [4.78, 5) is 5.12. The molecule has 4 heterocycles. The van der Waals surface area contributed by atoms with Crippen molar-refractivity contribution in [1.29, 1.82) is 0 Å². The third kappa shape index (κ3) is 7.35. The van der Waals surface area contributed by atoms with Crippen LogP contribution in [0, 0.1) is 0 Å². The standard InChI is InChI=1S/C79H55BN4/c1-79(59-29-14-5-15-30-59)48-47-71-65(52-79)64-51-58(55-27-12-4-13-28-55)43-46-70(64)84(71)75-40-21-36-67-78(75)82(61-33-18-7-19-34-61)73-38-22-37-72-76(73)80(67)66-35-20-39-74(77(66)81(72)60-31-16-6-17-32-60)83-68-44-41-56(53-23-8-2-9-24-53)49-62(68)63-50-57(42-45-69(63)83)54-25-10-3-11-26-54/h2-47,49-52H,48H2,1H3. The van der Waals surface area contributed by atoms with Gasteiger partial charge in [-0.1, -0.05) is 225 Å². The first-order valence-electron chi connectivity index (χ1n) is 29.3. The smallest absolute Gasteiger partial charge is 0.252 e. The van der Waals surface area contributed by atoms with Crippen molar-refractivity contribution in [2.24, 2.45) is 0 Å². The molecule has 12 aromatic carbocycles. The number of benzene rings is 12. The molecule has 5 heteroatoms. The molecule has 0 saturated carbocycles. The van der Waals surface area contributed by atoms with Gasteiger partial charge in [0.1, 0.15) is 0 Å². The first-order chi connectivity index (χ1) is 41.6. The summed E-state index contributed by atoms with van der Waals surface area (Å²) < 4.78 is 5.14. The van der Waals surface area contributed by atoms with Gasteiger partial charge in [0.15, 0.2) is 0 Å². The van der Waals surface area contributed by atoms with Gasteiger partial charge in [-0.15, -0.1) is 0 Å². The van der Waals surface area contributed by atoms with Gasteiger partial charge in [-0.25, -0.2) is 0 Å². The Hall–Kier alpha value is -10.6. The van der Waals surface area contributed by atoms with Gasteiger partial charge >= 0.3 is 0 Å². The molecular weight excluding hydrogens is 1020 g/mol. The molecule has 14 aromatic rings. The minimum atomic E-state index is -0.198. The van der Waals surface area contributed by atoms with Crippen LogP contribution in [-0.4, -0.2) is 15.8 Å². The van der Waals surface area contributed by atoms with Crippen molar-refractivity contribution >= 4 is 102 Å². The lowest BCUT2D eigenvalue weighted by Crippen LogP contribution is -2.61. The summed E-state index contributed by atoms with van der Waals surface area (Å²) in [7, 11) is 0. The average Bonchev–Trinajstić information content (AvgIpc) is 1.48. The van der Waals surface area contributed by atoms with E-state index in [1.54, 1.807) is 0 Å². The Morgan fingerprint density at radius 1 is 0.345 bits per heavy atom. The van der Waals surface area contributed by atoms with Crippen LogP contribution in [0.1, 0.15) is 18.9 Å². The maximum Gasteiger partial charge on any atom is 0.252 e.